The topological polar surface area (TPSA) is 81.9 Å². The summed E-state index contributed by atoms with van der Waals surface area (Å²) in [6.07, 6.45) is 0. The summed E-state index contributed by atoms with van der Waals surface area (Å²) in [5.41, 5.74) is 3.59. The lowest BCUT2D eigenvalue weighted by molar-refractivity contribution is -0.115. The first kappa shape index (κ1) is 21.6. The number of thioether (sulfide) groups is 1. The van der Waals surface area contributed by atoms with Crippen LogP contribution in [0.4, 0.5) is 5.69 Å². The number of tetrazole rings is 1. The van der Waals surface area contributed by atoms with Crippen LogP contribution < -0.4 is 10.1 Å². The summed E-state index contributed by atoms with van der Waals surface area (Å²) in [6.45, 7) is 2.49. The van der Waals surface area contributed by atoms with E-state index in [0.717, 1.165) is 16.7 Å². The van der Waals surface area contributed by atoms with Gasteiger partial charge >= 0.3 is 0 Å². The normalized spacial score (nSPS) is 11.7. The van der Waals surface area contributed by atoms with Gasteiger partial charge in [0.25, 0.3) is 0 Å². The van der Waals surface area contributed by atoms with E-state index in [1.54, 1.807) is 11.8 Å². The van der Waals surface area contributed by atoms with Crippen molar-refractivity contribution < 1.29 is 9.53 Å². The Labute approximate surface area is 190 Å². The molecular formula is C24H23N5O2S. The summed E-state index contributed by atoms with van der Waals surface area (Å²) in [5, 5.41) is 15.2. The number of aryl methyl sites for hydroxylation is 1. The Bertz CT molecular complexity index is 1180. The standard InChI is InChI=1S/C24H23N5O2S/c1-17-13-14-21(31-2)20(15-17)25-23(30)22(19-11-7-4-8-12-19)32-24-26-27-28-29(24)16-18-9-5-3-6-10-18/h3-15,22H,16H2,1-2H3,(H,25,30)/t22-/m0/s1. The van der Waals surface area contributed by atoms with Crippen molar-refractivity contribution in [1.29, 1.82) is 0 Å². The average Bonchev–Trinajstić information content (AvgIpc) is 3.25. The molecule has 0 aliphatic rings. The van der Waals surface area contributed by atoms with Crippen LogP contribution in [0.1, 0.15) is 21.9 Å². The van der Waals surface area contributed by atoms with Gasteiger partial charge in [-0.05, 0) is 46.2 Å². The maximum atomic E-state index is 13.4. The van der Waals surface area contributed by atoms with Gasteiger partial charge in [-0.15, -0.1) is 5.10 Å². The quantitative estimate of drug-likeness (QED) is 0.402. The number of nitrogens with zero attached hydrogens (tertiary/aromatic N) is 4. The molecule has 0 aliphatic heterocycles. The molecular weight excluding hydrogens is 422 g/mol. The van der Waals surface area contributed by atoms with Gasteiger partial charge in [0.2, 0.25) is 11.1 Å². The number of carbonyl (C=O) groups is 1. The third kappa shape index (κ3) is 5.15. The van der Waals surface area contributed by atoms with Crippen LogP contribution in [-0.4, -0.2) is 33.2 Å². The van der Waals surface area contributed by atoms with E-state index >= 15 is 0 Å². The molecule has 3 aromatic carbocycles. The molecule has 32 heavy (non-hydrogen) atoms. The highest BCUT2D eigenvalue weighted by atomic mass is 32.2. The lowest BCUT2D eigenvalue weighted by atomic mass is 10.1. The van der Waals surface area contributed by atoms with Gasteiger partial charge in [-0.3, -0.25) is 4.79 Å². The maximum absolute atomic E-state index is 13.4. The smallest absolute Gasteiger partial charge is 0.242 e. The van der Waals surface area contributed by atoms with Gasteiger partial charge in [0.05, 0.1) is 19.3 Å². The van der Waals surface area contributed by atoms with Crippen molar-refractivity contribution >= 4 is 23.4 Å². The van der Waals surface area contributed by atoms with Gasteiger partial charge in [-0.25, -0.2) is 4.68 Å². The summed E-state index contributed by atoms with van der Waals surface area (Å²) >= 11 is 1.31. The Kier molecular flexibility index (Phi) is 6.81. The molecule has 1 N–H and O–H groups in total. The predicted octanol–water partition coefficient (Wildman–Crippen LogP) is 4.51. The van der Waals surface area contributed by atoms with Gasteiger partial charge in [-0.1, -0.05) is 78.5 Å². The molecule has 0 unspecified atom stereocenters. The van der Waals surface area contributed by atoms with Crippen molar-refractivity contribution in [3.8, 4) is 5.75 Å². The molecule has 4 aromatic rings. The molecule has 4 rings (SSSR count). The van der Waals surface area contributed by atoms with E-state index in [2.05, 4.69) is 20.8 Å². The first-order valence-electron chi connectivity index (χ1n) is 10.1. The fourth-order valence-electron chi connectivity index (χ4n) is 3.26. The van der Waals surface area contributed by atoms with Crippen LogP contribution in [0, 0.1) is 6.92 Å². The number of aromatic nitrogens is 4. The average molecular weight is 446 g/mol. The first-order chi connectivity index (χ1) is 15.6. The second kappa shape index (κ2) is 10.1. The first-order valence-corrected chi connectivity index (χ1v) is 11.0. The van der Waals surface area contributed by atoms with Crippen LogP contribution in [0.25, 0.3) is 0 Å². The van der Waals surface area contributed by atoms with Crippen LogP contribution in [-0.2, 0) is 11.3 Å². The number of nitrogens with one attached hydrogen (secondary N) is 1. The van der Waals surface area contributed by atoms with Crippen LogP contribution in [0.5, 0.6) is 5.75 Å². The molecule has 7 nitrogen and oxygen atoms in total. The van der Waals surface area contributed by atoms with E-state index in [4.69, 9.17) is 4.74 Å². The zero-order valence-corrected chi connectivity index (χ0v) is 18.6. The van der Waals surface area contributed by atoms with Gasteiger partial charge in [0.15, 0.2) is 0 Å². The molecule has 0 saturated heterocycles. The van der Waals surface area contributed by atoms with Crippen LogP contribution in [0.15, 0.2) is 84.0 Å². The number of ether oxygens (including phenoxy) is 1. The summed E-state index contributed by atoms with van der Waals surface area (Å²) in [5.74, 6) is 0.425. The third-order valence-corrected chi connectivity index (χ3v) is 6.08. The fraction of sp³-hybridized carbons (Fsp3) is 0.167. The number of benzene rings is 3. The molecule has 0 bridgehead atoms. The van der Waals surface area contributed by atoms with Crippen molar-refractivity contribution in [2.24, 2.45) is 0 Å². The highest BCUT2D eigenvalue weighted by Gasteiger charge is 2.26. The van der Waals surface area contributed by atoms with E-state index in [1.165, 1.54) is 11.8 Å². The number of anilines is 1. The van der Waals surface area contributed by atoms with Gasteiger partial charge in [-0.2, -0.15) is 0 Å². The van der Waals surface area contributed by atoms with E-state index in [1.807, 2.05) is 85.8 Å². The van der Waals surface area contributed by atoms with E-state index in [9.17, 15) is 4.79 Å². The second-order valence-corrected chi connectivity index (χ2v) is 8.28. The lowest BCUT2D eigenvalue weighted by Crippen LogP contribution is -2.20. The highest BCUT2D eigenvalue weighted by molar-refractivity contribution is 8.00. The molecule has 1 atom stereocenters. The molecule has 0 spiro atoms. The van der Waals surface area contributed by atoms with Gasteiger partial charge in [0.1, 0.15) is 11.0 Å². The number of rotatable bonds is 8. The molecule has 1 amide bonds. The Morgan fingerprint density at radius 3 is 2.50 bits per heavy atom. The molecule has 0 saturated carbocycles. The number of methoxy groups -OCH3 is 1. The van der Waals surface area contributed by atoms with Crippen molar-refractivity contribution in [1.82, 2.24) is 20.2 Å². The van der Waals surface area contributed by atoms with Crippen LogP contribution in [0.2, 0.25) is 0 Å². The molecule has 162 valence electrons. The Morgan fingerprint density at radius 2 is 1.78 bits per heavy atom. The van der Waals surface area contributed by atoms with Gasteiger partial charge in [0, 0.05) is 0 Å². The summed E-state index contributed by atoms with van der Waals surface area (Å²) < 4.78 is 7.12. The van der Waals surface area contributed by atoms with Crippen LogP contribution >= 0.6 is 11.8 Å². The second-order valence-electron chi connectivity index (χ2n) is 7.21. The molecule has 1 heterocycles. The van der Waals surface area contributed by atoms with Crippen molar-refractivity contribution in [3.05, 3.63) is 95.6 Å². The molecule has 8 heteroatoms. The molecule has 1 aromatic heterocycles. The van der Waals surface area contributed by atoms with Crippen molar-refractivity contribution in [3.63, 3.8) is 0 Å². The van der Waals surface area contributed by atoms with Crippen molar-refractivity contribution in [2.75, 3.05) is 12.4 Å². The predicted molar refractivity (Wildman–Crippen MR) is 125 cm³/mol. The highest BCUT2D eigenvalue weighted by Crippen LogP contribution is 2.36. The third-order valence-electron chi connectivity index (χ3n) is 4.85. The summed E-state index contributed by atoms with van der Waals surface area (Å²) in [7, 11) is 1.58. The van der Waals surface area contributed by atoms with Crippen molar-refractivity contribution in [2.45, 2.75) is 23.9 Å². The maximum Gasteiger partial charge on any atom is 0.242 e. The molecule has 0 fully saturated rings. The number of amides is 1. The summed E-state index contributed by atoms with van der Waals surface area (Å²) in [6, 6.07) is 25.2. The minimum absolute atomic E-state index is 0.181. The number of hydrogen-bond donors (Lipinski definition) is 1. The van der Waals surface area contributed by atoms with E-state index < -0.39 is 5.25 Å². The number of carbonyl (C=O) groups excluding carboxylic acids is 1. The molecule has 0 aliphatic carbocycles. The van der Waals surface area contributed by atoms with E-state index in [0.29, 0.717) is 23.1 Å². The lowest BCUT2D eigenvalue weighted by Gasteiger charge is -2.18. The van der Waals surface area contributed by atoms with Crippen LogP contribution in [0.3, 0.4) is 0 Å². The monoisotopic (exact) mass is 445 g/mol. The Balaban J connectivity index is 1.61. The zero-order chi connectivity index (χ0) is 22.3. The fourth-order valence-corrected chi connectivity index (χ4v) is 4.24. The summed E-state index contributed by atoms with van der Waals surface area (Å²) in [4.78, 5) is 13.4. The zero-order valence-electron chi connectivity index (χ0n) is 17.8. The Morgan fingerprint density at radius 1 is 1.06 bits per heavy atom. The SMILES string of the molecule is COc1ccc(C)cc1NC(=O)[C@@H](Sc1nnnn1Cc1ccccc1)c1ccccc1. The largest absolute Gasteiger partial charge is 0.495 e. The minimum atomic E-state index is -0.554. The van der Waals surface area contributed by atoms with E-state index in [-0.39, 0.29) is 5.91 Å². The van der Waals surface area contributed by atoms with Gasteiger partial charge < -0.3 is 10.1 Å². The Hall–Kier alpha value is -3.65. The number of hydrogen-bond acceptors (Lipinski definition) is 6. The minimum Gasteiger partial charge on any atom is -0.495 e. The molecule has 0 radical (unpaired) electrons.